The molecule has 0 aliphatic heterocycles. The molecule has 1 atom stereocenters. The fraction of sp³-hybridized carbons (Fsp3) is 0.429. The topological polar surface area (TPSA) is 96.0 Å². The van der Waals surface area contributed by atoms with E-state index < -0.39 is 16.1 Å². The molecule has 1 unspecified atom stereocenters. The van der Waals surface area contributed by atoms with Gasteiger partial charge in [-0.3, -0.25) is 13.9 Å². The lowest BCUT2D eigenvalue weighted by molar-refractivity contribution is -0.141. The molecule has 9 heteroatoms. The number of carbonyl (C=O) groups is 2. The Balaban J connectivity index is 1.60. The van der Waals surface area contributed by atoms with Crippen LogP contribution in [-0.4, -0.2) is 57.1 Å². The van der Waals surface area contributed by atoms with Gasteiger partial charge in [-0.25, -0.2) is 8.42 Å². The minimum atomic E-state index is -3.58. The molecule has 1 aliphatic carbocycles. The van der Waals surface area contributed by atoms with Crippen LogP contribution < -0.4 is 14.4 Å². The summed E-state index contributed by atoms with van der Waals surface area (Å²) in [4.78, 5) is 29.7. The van der Waals surface area contributed by atoms with Gasteiger partial charge in [0.2, 0.25) is 21.8 Å². The standard InChI is InChI=1S/C35H45N3O5S/c1-26-19-20-31(22-27(26)2)38(44(4,41)42)21-11-18-34(39)37(25-29-14-10-17-32(23-29)43-3)33(24-28-12-6-5-7-13-28)35(40)36-30-15-8-9-16-30/h5-7,10,12-14,17,19-20,22-23,30,33H,8-9,11,15-16,18,21,24-25H2,1-4H3,(H,36,40). The van der Waals surface area contributed by atoms with Crippen molar-refractivity contribution >= 4 is 27.5 Å². The summed E-state index contributed by atoms with van der Waals surface area (Å²) < 4.78 is 32.3. The number of anilines is 1. The molecule has 1 N–H and O–H groups in total. The molecule has 236 valence electrons. The van der Waals surface area contributed by atoms with Crippen LogP contribution in [0.5, 0.6) is 5.75 Å². The normalized spacial score (nSPS) is 14.2. The third-order valence-corrected chi connectivity index (χ3v) is 9.58. The molecule has 0 radical (unpaired) electrons. The van der Waals surface area contributed by atoms with Gasteiger partial charge in [-0.15, -0.1) is 0 Å². The monoisotopic (exact) mass is 619 g/mol. The number of sulfonamides is 1. The maximum Gasteiger partial charge on any atom is 0.243 e. The van der Waals surface area contributed by atoms with E-state index in [1.807, 2.05) is 80.6 Å². The summed E-state index contributed by atoms with van der Waals surface area (Å²) in [6.07, 6.45) is 5.98. The predicted octanol–water partition coefficient (Wildman–Crippen LogP) is 5.56. The van der Waals surface area contributed by atoms with Crippen molar-refractivity contribution < 1.29 is 22.7 Å². The number of ether oxygens (including phenoxy) is 1. The summed E-state index contributed by atoms with van der Waals surface area (Å²) in [6, 6.07) is 22.2. The maximum absolute atomic E-state index is 14.1. The van der Waals surface area contributed by atoms with Gasteiger partial charge < -0.3 is 15.0 Å². The second-order valence-corrected chi connectivity index (χ2v) is 13.7. The fourth-order valence-electron chi connectivity index (χ4n) is 5.77. The van der Waals surface area contributed by atoms with E-state index in [4.69, 9.17) is 4.74 Å². The van der Waals surface area contributed by atoms with Gasteiger partial charge in [0.1, 0.15) is 11.8 Å². The second kappa shape index (κ2) is 15.2. The van der Waals surface area contributed by atoms with Gasteiger partial charge >= 0.3 is 0 Å². The predicted molar refractivity (Wildman–Crippen MR) is 175 cm³/mol. The average molecular weight is 620 g/mol. The van der Waals surface area contributed by atoms with Crippen LogP contribution in [0.2, 0.25) is 0 Å². The first-order valence-electron chi connectivity index (χ1n) is 15.4. The van der Waals surface area contributed by atoms with E-state index in [1.54, 1.807) is 18.1 Å². The molecule has 0 bridgehead atoms. The lowest BCUT2D eigenvalue weighted by atomic mass is 10.0. The highest BCUT2D eigenvalue weighted by Crippen LogP contribution is 2.24. The number of methoxy groups -OCH3 is 1. The van der Waals surface area contributed by atoms with E-state index in [9.17, 15) is 18.0 Å². The zero-order chi connectivity index (χ0) is 31.7. The van der Waals surface area contributed by atoms with Gasteiger partial charge in [0.25, 0.3) is 0 Å². The Morgan fingerprint density at radius 1 is 0.932 bits per heavy atom. The molecule has 8 nitrogen and oxygen atoms in total. The van der Waals surface area contributed by atoms with Gasteiger partial charge in [-0.05, 0) is 79.6 Å². The number of benzene rings is 3. The van der Waals surface area contributed by atoms with Crippen LogP contribution in [-0.2, 0) is 32.6 Å². The van der Waals surface area contributed by atoms with Crippen LogP contribution in [0.15, 0.2) is 72.8 Å². The molecular formula is C35H45N3O5S. The van der Waals surface area contributed by atoms with Crippen molar-refractivity contribution in [3.63, 3.8) is 0 Å². The SMILES string of the molecule is COc1cccc(CN(C(=O)CCCN(c2ccc(C)c(C)c2)S(C)(=O)=O)C(Cc2ccccc2)C(=O)NC2CCCC2)c1. The summed E-state index contributed by atoms with van der Waals surface area (Å²) in [5, 5.41) is 3.22. The minimum absolute atomic E-state index is 0.0861. The van der Waals surface area contributed by atoms with Crippen molar-refractivity contribution in [3.05, 3.63) is 95.1 Å². The molecule has 0 saturated heterocycles. The summed E-state index contributed by atoms with van der Waals surface area (Å²) in [6.45, 7) is 4.30. The van der Waals surface area contributed by atoms with E-state index in [2.05, 4.69) is 5.32 Å². The highest BCUT2D eigenvalue weighted by molar-refractivity contribution is 7.92. The van der Waals surface area contributed by atoms with E-state index in [0.29, 0.717) is 24.3 Å². The first-order chi connectivity index (χ1) is 21.0. The first-order valence-corrected chi connectivity index (χ1v) is 17.2. The zero-order valence-electron chi connectivity index (χ0n) is 26.3. The Bertz CT molecular complexity index is 1520. The summed E-state index contributed by atoms with van der Waals surface area (Å²) >= 11 is 0. The first kappa shape index (κ1) is 33.1. The van der Waals surface area contributed by atoms with Crippen LogP contribution >= 0.6 is 0 Å². The van der Waals surface area contributed by atoms with E-state index in [-0.39, 0.29) is 37.4 Å². The Morgan fingerprint density at radius 2 is 1.64 bits per heavy atom. The van der Waals surface area contributed by atoms with Gasteiger partial charge in [0.05, 0.1) is 19.1 Å². The number of carbonyl (C=O) groups excluding carboxylic acids is 2. The molecule has 0 heterocycles. The number of aryl methyl sites for hydroxylation is 2. The third kappa shape index (κ3) is 9.08. The quantitative estimate of drug-likeness (QED) is 0.255. The molecular weight excluding hydrogens is 574 g/mol. The molecule has 0 spiro atoms. The van der Waals surface area contributed by atoms with Gasteiger partial charge in [0.15, 0.2) is 0 Å². The van der Waals surface area contributed by atoms with Crippen molar-refractivity contribution in [2.45, 2.75) is 77.4 Å². The largest absolute Gasteiger partial charge is 0.497 e. The van der Waals surface area contributed by atoms with Gasteiger partial charge in [0, 0.05) is 32.0 Å². The molecule has 44 heavy (non-hydrogen) atoms. The van der Waals surface area contributed by atoms with Crippen LogP contribution in [0.4, 0.5) is 5.69 Å². The smallest absolute Gasteiger partial charge is 0.243 e. The average Bonchev–Trinajstić information content (AvgIpc) is 3.51. The van der Waals surface area contributed by atoms with Crippen molar-refractivity contribution in [2.24, 2.45) is 0 Å². The molecule has 4 rings (SSSR count). The highest BCUT2D eigenvalue weighted by Gasteiger charge is 2.32. The second-order valence-electron chi connectivity index (χ2n) is 11.8. The van der Waals surface area contributed by atoms with Crippen LogP contribution in [0.25, 0.3) is 0 Å². The summed E-state index contributed by atoms with van der Waals surface area (Å²) in [7, 11) is -1.98. The van der Waals surface area contributed by atoms with Gasteiger partial charge in [-0.2, -0.15) is 0 Å². The minimum Gasteiger partial charge on any atom is -0.497 e. The Morgan fingerprint density at radius 3 is 2.30 bits per heavy atom. The number of hydrogen-bond acceptors (Lipinski definition) is 5. The van der Waals surface area contributed by atoms with E-state index >= 15 is 0 Å². The van der Waals surface area contributed by atoms with Crippen LogP contribution in [0.1, 0.15) is 60.8 Å². The lowest BCUT2D eigenvalue weighted by Gasteiger charge is -2.33. The van der Waals surface area contributed by atoms with Crippen molar-refractivity contribution in [1.29, 1.82) is 0 Å². The summed E-state index contributed by atoms with van der Waals surface area (Å²) in [5.74, 6) is 0.302. The Kier molecular flexibility index (Phi) is 11.4. The molecule has 2 amide bonds. The molecule has 1 aliphatic rings. The van der Waals surface area contributed by atoms with E-state index in [0.717, 1.165) is 47.9 Å². The molecule has 3 aromatic carbocycles. The van der Waals surface area contributed by atoms with E-state index in [1.165, 1.54) is 10.6 Å². The molecule has 0 aromatic heterocycles. The lowest BCUT2D eigenvalue weighted by Crippen LogP contribution is -2.52. The number of hydrogen-bond donors (Lipinski definition) is 1. The number of nitrogens with zero attached hydrogens (tertiary/aromatic N) is 2. The van der Waals surface area contributed by atoms with Gasteiger partial charge in [-0.1, -0.05) is 61.4 Å². The zero-order valence-corrected chi connectivity index (χ0v) is 27.1. The number of rotatable bonds is 14. The van der Waals surface area contributed by atoms with Crippen LogP contribution in [0, 0.1) is 13.8 Å². The summed E-state index contributed by atoms with van der Waals surface area (Å²) in [5.41, 5.74) is 4.45. The number of nitrogens with one attached hydrogen (secondary N) is 1. The van der Waals surface area contributed by atoms with Crippen molar-refractivity contribution in [1.82, 2.24) is 10.2 Å². The Hall–Kier alpha value is -3.85. The molecule has 1 saturated carbocycles. The van der Waals surface area contributed by atoms with Crippen molar-refractivity contribution in [2.75, 3.05) is 24.2 Å². The molecule has 3 aromatic rings. The highest BCUT2D eigenvalue weighted by atomic mass is 32.2. The maximum atomic E-state index is 14.1. The van der Waals surface area contributed by atoms with Crippen molar-refractivity contribution in [3.8, 4) is 5.75 Å². The number of amides is 2. The molecule has 1 fully saturated rings. The van der Waals surface area contributed by atoms with Crippen LogP contribution in [0.3, 0.4) is 0 Å². The Labute approximate surface area is 262 Å². The third-order valence-electron chi connectivity index (χ3n) is 8.39. The fourth-order valence-corrected chi connectivity index (χ4v) is 6.73.